The number of aliphatic hydroxyl groups is 1. The van der Waals surface area contributed by atoms with Crippen molar-refractivity contribution in [1.82, 2.24) is 0 Å². The normalized spacial score (nSPS) is 17.8. The Hall–Kier alpha value is -0.890. The van der Waals surface area contributed by atoms with Crippen LogP contribution in [-0.4, -0.2) is 17.0 Å². The molecular weight excluding hydrogens is 236 g/mol. The van der Waals surface area contributed by atoms with E-state index in [0.29, 0.717) is 6.42 Å². The molecule has 1 N–H and O–H groups in total. The summed E-state index contributed by atoms with van der Waals surface area (Å²) in [7, 11) is 0. The Kier molecular flexibility index (Phi) is 8.48. The van der Waals surface area contributed by atoms with Crippen LogP contribution in [0, 0.1) is 0 Å². The average molecular weight is 264 g/mol. The van der Waals surface area contributed by atoms with Crippen LogP contribution in [0.25, 0.3) is 0 Å². The van der Waals surface area contributed by atoms with Crippen molar-refractivity contribution in [1.29, 1.82) is 0 Å². The molecule has 1 atom stereocenters. The molecule has 0 saturated carbocycles. The van der Waals surface area contributed by atoms with Gasteiger partial charge in [0.2, 0.25) is 0 Å². The Balaban J connectivity index is 2.13. The molecule has 0 amide bonds. The first kappa shape index (κ1) is 16.2. The van der Waals surface area contributed by atoms with Crippen molar-refractivity contribution in [3.05, 3.63) is 23.8 Å². The van der Waals surface area contributed by atoms with E-state index in [1.807, 2.05) is 12.2 Å². The van der Waals surface area contributed by atoms with Crippen LogP contribution in [0.2, 0.25) is 0 Å². The van der Waals surface area contributed by atoms with Crippen molar-refractivity contribution >= 4 is 5.78 Å². The summed E-state index contributed by atoms with van der Waals surface area (Å²) in [5, 5.41) is 9.85. The van der Waals surface area contributed by atoms with Crippen LogP contribution in [0.3, 0.4) is 0 Å². The summed E-state index contributed by atoms with van der Waals surface area (Å²) in [6.07, 6.45) is 16.1. The largest absolute Gasteiger partial charge is 0.389 e. The molecule has 0 aromatic rings. The Morgan fingerprint density at radius 2 is 1.95 bits per heavy atom. The molecule has 2 heteroatoms. The second-order valence-corrected chi connectivity index (χ2v) is 5.52. The number of carbonyl (C=O) groups is 1. The number of rotatable bonds is 9. The maximum atomic E-state index is 11.2. The highest BCUT2D eigenvalue weighted by Crippen LogP contribution is 2.17. The molecule has 19 heavy (non-hydrogen) atoms. The lowest BCUT2D eigenvalue weighted by Crippen LogP contribution is -2.04. The Bertz CT molecular complexity index is 315. The number of hydrogen-bond acceptors (Lipinski definition) is 2. The summed E-state index contributed by atoms with van der Waals surface area (Å²) in [5.41, 5.74) is 1.07. The number of carbonyl (C=O) groups excluding carboxylic acids is 1. The summed E-state index contributed by atoms with van der Waals surface area (Å²) in [6.45, 7) is 2.22. The van der Waals surface area contributed by atoms with Crippen LogP contribution in [0.4, 0.5) is 0 Å². The highest BCUT2D eigenvalue weighted by molar-refractivity contribution is 5.91. The van der Waals surface area contributed by atoms with Gasteiger partial charge in [-0.1, -0.05) is 57.6 Å². The van der Waals surface area contributed by atoms with Gasteiger partial charge in [-0.15, -0.1) is 0 Å². The van der Waals surface area contributed by atoms with E-state index in [9.17, 15) is 9.90 Å². The number of hydrogen-bond donors (Lipinski definition) is 1. The molecule has 0 fully saturated rings. The van der Waals surface area contributed by atoms with Crippen molar-refractivity contribution in [3.63, 3.8) is 0 Å². The van der Waals surface area contributed by atoms with Crippen molar-refractivity contribution in [2.75, 3.05) is 0 Å². The van der Waals surface area contributed by atoms with E-state index in [4.69, 9.17) is 0 Å². The SMILES string of the molecule is CCCCCCCC[C@H](O)/C=C/C1=CC(=O)CCC1. The van der Waals surface area contributed by atoms with Gasteiger partial charge in [-0.05, 0) is 30.9 Å². The molecule has 0 radical (unpaired) electrons. The minimum absolute atomic E-state index is 0.219. The lowest BCUT2D eigenvalue weighted by atomic mass is 9.97. The first-order chi connectivity index (χ1) is 9.22. The van der Waals surface area contributed by atoms with E-state index in [-0.39, 0.29) is 11.9 Å². The van der Waals surface area contributed by atoms with Crippen molar-refractivity contribution in [3.8, 4) is 0 Å². The topological polar surface area (TPSA) is 37.3 Å². The molecule has 1 aliphatic rings. The van der Waals surface area contributed by atoms with E-state index >= 15 is 0 Å². The van der Waals surface area contributed by atoms with Gasteiger partial charge in [-0.2, -0.15) is 0 Å². The Morgan fingerprint density at radius 3 is 2.68 bits per heavy atom. The molecule has 0 bridgehead atoms. The minimum atomic E-state index is -0.357. The van der Waals surface area contributed by atoms with Gasteiger partial charge in [0.15, 0.2) is 5.78 Å². The van der Waals surface area contributed by atoms with Gasteiger partial charge in [0.05, 0.1) is 6.10 Å². The van der Waals surface area contributed by atoms with Crippen LogP contribution in [0.1, 0.15) is 71.1 Å². The van der Waals surface area contributed by atoms with Crippen LogP contribution >= 0.6 is 0 Å². The Morgan fingerprint density at radius 1 is 1.21 bits per heavy atom. The van der Waals surface area contributed by atoms with E-state index in [0.717, 1.165) is 31.3 Å². The van der Waals surface area contributed by atoms with Gasteiger partial charge >= 0.3 is 0 Å². The molecule has 0 aromatic carbocycles. The van der Waals surface area contributed by atoms with Gasteiger partial charge in [0.25, 0.3) is 0 Å². The molecule has 0 unspecified atom stereocenters. The predicted molar refractivity (Wildman–Crippen MR) is 80.1 cm³/mol. The second kappa shape index (κ2) is 9.96. The first-order valence-corrected chi connectivity index (χ1v) is 7.82. The fourth-order valence-corrected chi connectivity index (χ4v) is 2.41. The lowest BCUT2D eigenvalue weighted by molar-refractivity contribution is -0.115. The molecule has 0 spiro atoms. The zero-order valence-corrected chi connectivity index (χ0v) is 12.2. The molecule has 0 saturated heterocycles. The summed E-state index contributed by atoms with van der Waals surface area (Å²) in [4.78, 5) is 11.2. The number of aliphatic hydroxyl groups excluding tert-OH is 1. The predicted octanol–water partition coefficient (Wildman–Crippen LogP) is 4.33. The summed E-state index contributed by atoms with van der Waals surface area (Å²) >= 11 is 0. The molecule has 2 nitrogen and oxygen atoms in total. The van der Waals surface area contributed by atoms with Gasteiger partial charge < -0.3 is 5.11 Å². The highest BCUT2D eigenvalue weighted by Gasteiger charge is 2.07. The van der Waals surface area contributed by atoms with Crippen molar-refractivity contribution < 1.29 is 9.90 Å². The third-order valence-corrected chi connectivity index (χ3v) is 3.62. The van der Waals surface area contributed by atoms with Crippen LogP contribution in [0.5, 0.6) is 0 Å². The molecule has 1 rings (SSSR count). The van der Waals surface area contributed by atoms with E-state index in [1.54, 1.807) is 6.08 Å². The maximum absolute atomic E-state index is 11.2. The van der Waals surface area contributed by atoms with Gasteiger partial charge in [-0.25, -0.2) is 0 Å². The van der Waals surface area contributed by atoms with Crippen LogP contribution < -0.4 is 0 Å². The van der Waals surface area contributed by atoms with E-state index in [2.05, 4.69) is 6.92 Å². The second-order valence-electron chi connectivity index (χ2n) is 5.52. The van der Waals surface area contributed by atoms with Crippen molar-refractivity contribution in [2.24, 2.45) is 0 Å². The monoisotopic (exact) mass is 264 g/mol. The fourth-order valence-electron chi connectivity index (χ4n) is 2.41. The van der Waals surface area contributed by atoms with Gasteiger partial charge in [0, 0.05) is 6.42 Å². The molecule has 0 heterocycles. The quantitative estimate of drug-likeness (QED) is 0.629. The minimum Gasteiger partial charge on any atom is -0.389 e. The van der Waals surface area contributed by atoms with E-state index < -0.39 is 0 Å². The molecule has 0 aliphatic heterocycles. The zero-order chi connectivity index (χ0) is 13.9. The smallest absolute Gasteiger partial charge is 0.155 e. The zero-order valence-electron chi connectivity index (χ0n) is 12.2. The highest BCUT2D eigenvalue weighted by atomic mass is 16.3. The lowest BCUT2D eigenvalue weighted by Gasteiger charge is -2.09. The summed E-state index contributed by atoms with van der Waals surface area (Å²) in [5.74, 6) is 0.219. The van der Waals surface area contributed by atoms with Crippen molar-refractivity contribution in [2.45, 2.75) is 77.2 Å². The molecule has 1 aliphatic carbocycles. The van der Waals surface area contributed by atoms with Crippen LogP contribution in [-0.2, 0) is 4.79 Å². The Labute approximate surface area is 117 Å². The fraction of sp³-hybridized carbons (Fsp3) is 0.706. The van der Waals surface area contributed by atoms with E-state index in [1.165, 1.54) is 32.1 Å². The maximum Gasteiger partial charge on any atom is 0.155 e. The molecule has 0 aromatic heterocycles. The molecular formula is C17H28O2. The number of unbranched alkanes of at least 4 members (excludes halogenated alkanes) is 5. The average Bonchev–Trinajstić information content (AvgIpc) is 2.40. The number of allylic oxidation sites excluding steroid dienone is 3. The third kappa shape index (κ3) is 7.99. The van der Waals surface area contributed by atoms with Gasteiger partial charge in [-0.3, -0.25) is 4.79 Å². The standard InChI is InChI=1S/C17H28O2/c1-2-3-4-5-6-7-10-16(18)13-12-15-9-8-11-17(19)14-15/h12-14,16,18H,2-11H2,1H3/b13-12+/t16-/m0/s1. The number of ketones is 1. The van der Waals surface area contributed by atoms with Crippen LogP contribution in [0.15, 0.2) is 23.8 Å². The third-order valence-electron chi connectivity index (χ3n) is 3.62. The van der Waals surface area contributed by atoms with Gasteiger partial charge in [0.1, 0.15) is 0 Å². The summed E-state index contributed by atoms with van der Waals surface area (Å²) < 4.78 is 0. The summed E-state index contributed by atoms with van der Waals surface area (Å²) in [6, 6.07) is 0. The molecule has 108 valence electrons. The first-order valence-electron chi connectivity index (χ1n) is 7.82.